The molecule has 19 heavy (non-hydrogen) atoms. The number of anilines is 1. The van der Waals surface area contributed by atoms with Crippen LogP contribution >= 0.6 is 0 Å². The number of piperidine rings is 1. The molecule has 0 radical (unpaired) electrons. The van der Waals surface area contributed by atoms with Gasteiger partial charge in [0.25, 0.3) is 0 Å². The van der Waals surface area contributed by atoms with Gasteiger partial charge in [0.05, 0.1) is 0 Å². The van der Waals surface area contributed by atoms with E-state index in [-0.39, 0.29) is 0 Å². The van der Waals surface area contributed by atoms with Gasteiger partial charge in [-0.1, -0.05) is 12.1 Å². The van der Waals surface area contributed by atoms with Gasteiger partial charge in [0.15, 0.2) is 0 Å². The molecule has 0 saturated carbocycles. The van der Waals surface area contributed by atoms with Crippen molar-refractivity contribution in [3.63, 3.8) is 0 Å². The van der Waals surface area contributed by atoms with Gasteiger partial charge in [-0.15, -0.1) is 0 Å². The molecule has 1 aliphatic heterocycles. The van der Waals surface area contributed by atoms with Crippen LogP contribution in [0.2, 0.25) is 0 Å². The van der Waals surface area contributed by atoms with Crippen molar-refractivity contribution in [3.8, 4) is 0 Å². The molecule has 0 bridgehead atoms. The smallest absolute Gasteiger partial charge is 0.0361 e. The normalized spacial score (nSPS) is 24.4. The van der Waals surface area contributed by atoms with Crippen LogP contribution in [0.5, 0.6) is 0 Å². The molecule has 2 unspecified atom stereocenters. The first-order chi connectivity index (χ1) is 9.10. The number of rotatable bonds is 4. The molecule has 1 fully saturated rings. The fraction of sp³-hybridized carbons (Fsp3) is 0.625. The van der Waals surface area contributed by atoms with Crippen LogP contribution in [-0.2, 0) is 6.54 Å². The third kappa shape index (κ3) is 3.71. The summed E-state index contributed by atoms with van der Waals surface area (Å²) >= 11 is 0. The van der Waals surface area contributed by atoms with Crippen LogP contribution in [0, 0.1) is 5.92 Å². The maximum atomic E-state index is 5.83. The molecule has 1 saturated heterocycles. The molecule has 2 N–H and O–H groups in total. The predicted molar refractivity (Wildman–Crippen MR) is 82.4 cm³/mol. The minimum Gasteiger partial charge on any atom is -0.378 e. The highest BCUT2D eigenvalue weighted by Crippen LogP contribution is 2.23. The lowest BCUT2D eigenvalue weighted by molar-refractivity contribution is 0.113. The predicted octanol–water partition coefficient (Wildman–Crippen LogP) is 2.31. The number of hydrogen-bond acceptors (Lipinski definition) is 3. The molecule has 2 rings (SSSR count). The Kier molecular flexibility index (Phi) is 4.83. The van der Waals surface area contributed by atoms with Gasteiger partial charge >= 0.3 is 0 Å². The molecule has 1 aromatic carbocycles. The first kappa shape index (κ1) is 14.4. The summed E-state index contributed by atoms with van der Waals surface area (Å²) < 4.78 is 0. The third-order valence-corrected chi connectivity index (χ3v) is 4.28. The number of nitrogens with two attached hydrogens (primary N) is 1. The van der Waals surface area contributed by atoms with Crippen molar-refractivity contribution < 1.29 is 0 Å². The molecule has 1 aromatic rings. The number of likely N-dealkylation sites (tertiary alicyclic amines) is 1. The van der Waals surface area contributed by atoms with Crippen LogP contribution in [0.15, 0.2) is 24.3 Å². The van der Waals surface area contributed by atoms with Gasteiger partial charge in [0.2, 0.25) is 0 Å². The molecular weight excluding hydrogens is 234 g/mol. The molecule has 1 aliphatic rings. The maximum Gasteiger partial charge on any atom is 0.0361 e. The molecule has 0 spiro atoms. The largest absolute Gasteiger partial charge is 0.378 e. The van der Waals surface area contributed by atoms with Crippen molar-refractivity contribution >= 4 is 5.69 Å². The van der Waals surface area contributed by atoms with E-state index in [1.165, 1.54) is 24.1 Å². The fourth-order valence-corrected chi connectivity index (χ4v) is 2.81. The van der Waals surface area contributed by atoms with Gasteiger partial charge in [0, 0.05) is 38.9 Å². The van der Waals surface area contributed by atoms with E-state index in [4.69, 9.17) is 5.73 Å². The molecule has 1 heterocycles. The van der Waals surface area contributed by atoms with Crippen molar-refractivity contribution in [2.45, 2.75) is 32.4 Å². The Morgan fingerprint density at radius 1 is 1.21 bits per heavy atom. The summed E-state index contributed by atoms with van der Waals surface area (Å²) in [5.41, 5.74) is 8.48. The molecule has 0 amide bonds. The summed E-state index contributed by atoms with van der Waals surface area (Å²) in [6.07, 6.45) is 2.56. The van der Waals surface area contributed by atoms with E-state index in [1.54, 1.807) is 0 Å². The lowest BCUT2D eigenvalue weighted by Crippen LogP contribution is -2.43. The minimum atomic E-state index is 0.677. The van der Waals surface area contributed by atoms with Crippen molar-refractivity contribution in [1.29, 1.82) is 0 Å². The van der Waals surface area contributed by atoms with Crippen LogP contribution in [0.1, 0.15) is 25.3 Å². The SMILES string of the molecule is CC1CCC(CN)CN1Cc1ccc(N(C)C)cc1. The number of nitrogens with zero attached hydrogens (tertiary/aromatic N) is 2. The Hall–Kier alpha value is -1.06. The van der Waals surface area contributed by atoms with Crippen molar-refractivity contribution in [1.82, 2.24) is 4.90 Å². The molecule has 3 heteroatoms. The summed E-state index contributed by atoms with van der Waals surface area (Å²) in [6.45, 7) is 5.35. The zero-order chi connectivity index (χ0) is 13.8. The van der Waals surface area contributed by atoms with Crippen LogP contribution in [0.3, 0.4) is 0 Å². The van der Waals surface area contributed by atoms with Gasteiger partial charge in [-0.2, -0.15) is 0 Å². The second-order valence-corrected chi connectivity index (χ2v) is 6.02. The molecular formula is C16H27N3. The van der Waals surface area contributed by atoms with Crippen molar-refractivity contribution in [2.24, 2.45) is 11.7 Å². The van der Waals surface area contributed by atoms with Gasteiger partial charge in [-0.25, -0.2) is 0 Å². The van der Waals surface area contributed by atoms with Gasteiger partial charge in [-0.3, -0.25) is 4.90 Å². The van der Waals surface area contributed by atoms with Gasteiger partial charge in [0.1, 0.15) is 0 Å². The standard InChI is InChI=1S/C16H27N3/c1-13-4-5-15(10-17)12-19(13)11-14-6-8-16(9-7-14)18(2)3/h6-9,13,15H,4-5,10-12,17H2,1-3H3. The minimum absolute atomic E-state index is 0.677. The lowest BCUT2D eigenvalue weighted by atomic mass is 9.93. The van der Waals surface area contributed by atoms with Crippen molar-refractivity contribution in [2.75, 3.05) is 32.1 Å². The first-order valence-electron chi connectivity index (χ1n) is 7.30. The van der Waals surface area contributed by atoms with Crippen LogP contribution in [0.4, 0.5) is 5.69 Å². The van der Waals surface area contributed by atoms with Gasteiger partial charge in [-0.05, 0) is 49.9 Å². The second kappa shape index (κ2) is 6.40. The quantitative estimate of drug-likeness (QED) is 0.903. The highest BCUT2D eigenvalue weighted by molar-refractivity contribution is 5.45. The molecule has 0 aromatic heterocycles. The maximum absolute atomic E-state index is 5.83. The molecule has 2 atom stereocenters. The zero-order valence-corrected chi connectivity index (χ0v) is 12.5. The summed E-state index contributed by atoms with van der Waals surface area (Å²) in [6, 6.07) is 9.56. The van der Waals surface area contributed by atoms with Crippen LogP contribution in [0.25, 0.3) is 0 Å². The van der Waals surface area contributed by atoms with Crippen molar-refractivity contribution in [3.05, 3.63) is 29.8 Å². The summed E-state index contributed by atoms with van der Waals surface area (Å²) in [5.74, 6) is 0.678. The molecule has 106 valence electrons. The number of hydrogen-bond donors (Lipinski definition) is 1. The van der Waals surface area contributed by atoms with Crippen LogP contribution in [-0.4, -0.2) is 38.1 Å². The second-order valence-electron chi connectivity index (χ2n) is 6.02. The Labute approximate surface area is 117 Å². The van der Waals surface area contributed by atoms with E-state index >= 15 is 0 Å². The van der Waals surface area contributed by atoms with E-state index in [0.717, 1.165) is 19.6 Å². The number of benzene rings is 1. The molecule has 3 nitrogen and oxygen atoms in total. The Balaban J connectivity index is 1.99. The van der Waals surface area contributed by atoms with E-state index in [9.17, 15) is 0 Å². The Morgan fingerprint density at radius 2 is 1.89 bits per heavy atom. The average molecular weight is 261 g/mol. The van der Waals surface area contributed by atoms with E-state index in [2.05, 4.69) is 55.1 Å². The van der Waals surface area contributed by atoms with E-state index in [0.29, 0.717) is 12.0 Å². The van der Waals surface area contributed by atoms with Gasteiger partial charge < -0.3 is 10.6 Å². The topological polar surface area (TPSA) is 32.5 Å². The van der Waals surface area contributed by atoms with E-state index in [1.807, 2.05) is 0 Å². The third-order valence-electron chi connectivity index (χ3n) is 4.28. The molecule has 0 aliphatic carbocycles. The Bertz CT molecular complexity index is 385. The fourth-order valence-electron chi connectivity index (χ4n) is 2.81. The van der Waals surface area contributed by atoms with Crippen LogP contribution < -0.4 is 10.6 Å². The summed E-state index contributed by atoms with van der Waals surface area (Å²) in [4.78, 5) is 4.71. The highest BCUT2D eigenvalue weighted by atomic mass is 15.2. The lowest BCUT2D eigenvalue weighted by Gasteiger charge is -2.37. The summed E-state index contributed by atoms with van der Waals surface area (Å²) in [7, 11) is 4.15. The first-order valence-corrected chi connectivity index (χ1v) is 7.30. The zero-order valence-electron chi connectivity index (χ0n) is 12.5. The highest BCUT2D eigenvalue weighted by Gasteiger charge is 2.24. The monoisotopic (exact) mass is 261 g/mol. The average Bonchev–Trinajstić information content (AvgIpc) is 2.42. The summed E-state index contributed by atoms with van der Waals surface area (Å²) in [5, 5.41) is 0. The van der Waals surface area contributed by atoms with E-state index < -0.39 is 0 Å². The Morgan fingerprint density at radius 3 is 2.47 bits per heavy atom.